The van der Waals surface area contributed by atoms with Gasteiger partial charge in [0, 0.05) is 18.7 Å². The Labute approximate surface area is 189 Å². The van der Waals surface area contributed by atoms with Crippen LogP contribution in [0.25, 0.3) is 0 Å². The van der Waals surface area contributed by atoms with Crippen molar-refractivity contribution < 1.29 is 27.1 Å². The third-order valence-corrected chi connectivity index (χ3v) is 6.45. The molecule has 0 aromatic heterocycles. The number of nitrogens with zero attached hydrogens (tertiary/aromatic N) is 1. The number of carbonyl (C=O) groups is 1. The molecule has 2 aromatic carbocycles. The fraction of sp³-hybridized carbons (Fsp3) is 0.458. The zero-order chi connectivity index (χ0) is 23.5. The van der Waals surface area contributed by atoms with E-state index in [0.717, 1.165) is 11.1 Å². The molecule has 1 amide bonds. The fourth-order valence-corrected chi connectivity index (χ4v) is 4.34. The van der Waals surface area contributed by atoms with Crippen LogP contribution >= 0.6 is 0 Å². The lowest BCUT2D eigenvalue weighted by atomic mass is 9.87. The van der Waals surface area contributed by atoms with Gasteiger partial charge in [0.2, 0.25) is 0 Å². The van der Waals surface area contributed by atoms with E-state index in [1.807, 2.05) is 20.8 Å². The zero-order valence-electron chi connectivity index (χ0n) is 18.9. The van der Waals surface area contributed by atoms with Crippen molar-refractivity contribution in [2.75, 3.05) is 19.3 Å². The number of hydrogen-bond acceptors (Lipinski definition) is 5. The minimum absolute atomic E-state index is 0.00965. The quantitative estimate of drug-likeness (QED) is 0.651. The molecule has 3 rings (SSSR count). The summed E-state index contributed by atoms with van der Waals surface area (Å²) in [5.41, 5.74) is 1.18. The molecule has 32 heavy (non-hydrogen) atoms. The SMILES string of the molecule is CC(C)(C)OC(=O)N1CCC(c2ccc(F)cc2)C(OCc2ccc(S(C)(=O)=O)cc2)C1. The summed E-state index contributed by atoms with van der Waals surface area (Å²) in [6, 6.07) is 12.9. The summed E-state index contributed by atoms with van der Waals surface area (Å²) in [5.74, 6) is -0.312. The number of sulfone groups is 1. The molecule has 1 aliphatic rings. The Kier molecular flexibility index (Phi) is 7.25. The van der Waals surface area contributed by atoms with Gasteiger partial charge >= 0.3 is 6.09 Å². The Balaban J connectivity index is 1.75. The highest BCUT2D eigenvalue weighted by atomic mass is 32.2. The van der Waals surface area contributed by atoms with E-state index in [2.05, 4.69) is 0 Å². The second-order valence-electron chi connectivity index (χ2n) is 9.14. The second-order valence-corrected chi connectivity index (χ2v) is 11.2. The van der Waals surface area contributed by atoms with Gasteiger partial charge < -0.3 is 14.4 Å². The Morgan fingerprint density at radius 3 is 2.28 bits per heavy atom. The molecule has 1 aliphatic heterocycles. The van der Waals surface area contributed by atoms with E-state index in [1.165, 1.54) is 18.4 Å². The molecule has 174 valence electrons. The van der Waals surface area contributed by atoms with E-state index >= 15 is 0 Å². The van der Waals surface area contributed by atoms with E-state index in [0.29, 0.717) is 19.5 Å². The minimum Gasteiger partial charge on any atom is -0.444 e. The molecule has 1 fully saturated rings. The summed E-state index contributed by atoms with van der Waals surface area (Å²) in [5, 5.41) is 0. The standard InChI is InChI=1S/C24H30FNO5S/c1-24(2,3)31-23(27)26-14-13-21(18-7-9-19(25)10-8-18)22(15-26)30-16-17-5-11-20(12-6-17)32(4,28)29/h5-12,21-22H,13-16H2,1-4H3. The molecule has 0 radical (unpaired) electrons. The lowest BCUT2D eigenvalue weighted by Crippen LogP contribution is -2.48. The van der Waals surface area contributed by atoms with Crippen LogP contribution in [0.4, 0.5) is 9.18 Å². The van der Waals surface area contributed by atoms with Crippen LogP contribution in [0.3, 0.4) is 0 Å². The third-order valence-electron chi connectivity index (χ3n) is 5.32. The third kappa shape index (κ3) is 6.53. The molecule has 0 saturated carbocycles. The average molecular weight is 464 g/mol. The van der Waals surface area contributed by atoms with Gasteiger partial charge in [-0.05, 0) is 62.6 Å². The predicted octanol–water partition coefficient (Wildman–Crippen LogP) is 4.54. The van der Waals surface area contributed by atoms with Gasteiger partial charge in [-0.25, -0.2) is 17.6 Å². The first-order chi connectivity index (χ1) is 14.9. The van der Waals surface area contributed by atoms with Crippen LogP contribution in [-0.2, 0) is 25.9 Å². The molecule has 0 spiro atoms. The van der Waals surface area contributed by atoms with Gasteiger partial charge in [0.05, 0.1) is 24.2 Å². The predicted molar refractivity (Wildman–Crippen MR) is 120 cm³/mol. The molecule has 1 heterocycles. The first-order valence-electron chi connectivity index (χ1n) is 10.6. The smallest absolute Gasteiger partial charge is 0.410 e. The molecular formula is C24H30FNO5S. The Morgan fingerprint density at radius 1 is 1.09 bits per heavy atom. The van der Waals surface area contributed by atoms with Crippen LogP contribution in [0.1, 0.15) is 44.2 Å². The second kappa shape index (κ2) is 9.58. The Morgan fingerprint density at radius 2 is 1.72 bits per heavy atom. The summed E-state index contributed by atoms with van der Waals surface area (Å²) < 4.78 is 48.5. The molecule has 0 aliphatic carbocycles. The minimum atomic E-state index is -3.26. The molecule has 0 N–H and O–H groups in total. The van der Waals surface area contributed by atoms with Crippen molar-refractivity contribution in [3.8, 4) is 0 Å². The highest BCUT2D eigenvalue weighted by Gasteiger charge is 2.35. The van der Waals surface area contributed by atoms with Crippen molar-refractivity contribution in [2.45, 2.75) is 56.3 Å². The highest BCUT2D eigenvalue weighted by molar-refractivity contribution is 7.90. The van der Waals surface area contributed by atoms with Crippen molar-refractivity contribution in [1.29, 1.82) is 0 Å². The largest absolute Gasteiger partial charge is 0.444 e. The van der Waals surface area contributed by atoms with Crippen molar-refractivity contribution in [3.63, 3.8) is 0 Å². The number of halogens is 1. The zero-order valence-corrected chi connectivity index (χ0v) is 19.7. The number of rotatable bonds is 5. The average Bonchev–Trinajstić information content (AvgIpc) is 2.71. The van der Waals surface area contributed by atoms with E-state index in [9.17, 15) is 17.6 Å². The molecule has 2 unspecified atom stereocenters. The van der Waals surface area contributed by atoms with Crippen LogP contribution in [0.15, 0.2) is 53.4 Å². The maximum Gasteiger partial charge on any atom is 0.410 e. The van der Waals surface area contributed by atoms with Crippen LogP contribution in [0.2, 0.25) is 0 Å². The number of ether oxygens (including phenoxy) is 2. The lowest BCUT2D eigenvalue weighted by molar-refractivity contribution is -0.0359. The van der Waals surface area contributed by atoms with Crippen LogP contribution in [0, 0.1) is 5.82 Å². The van der Waals surface area contributed by atoms with Gasteiger partial charge in [0.25, 0.3) is 0 Å². The normalized spacial score (nSPS) is 19.6. The van der Waals surface area contributed by atoms with Crippen LogP contribution < -0.4 is 0 Å². The maximum atomic E-state index is 13.4. The van der Waals surface area contributed by atoms with E-state index in [4.69, 9.17) is 9.47 Å². The topological polar surface area (TPSA) is 72.9 Å². The molecule has 2 aromatic rings. The van der Waals surface area contributed by atoms with Gasteiger partial charge in [-0.1, -0.05) is 24.3 Å². The van der Waals surface area contributed by atoms with Crippen molar-refractivity contribution in [2.24, 2.45) is 0 Å². The number of benzene rings is 2. The van der Waals surface area contributed by atoms with Crippen LogP contribution in [-0.4, -0.2) is 50.5 Å². The van der Waals surface area contributed by atoms with Gasteiger partial charge in [0.15, 0.2) is 9.84 Å². The van der Waals surface area contributed by atoms with E-state index in [-0.39, 0.29) is 35.4 Å². The number of hydrogen-bond donors (Lipinski definition) is 0. The van der Waals surface area contributed by atoms with Gasteiger partial charge in [-0.15, -0.1) is 0 Å². The monoisotopic (exact) mass is 463 g/mol. The number of likely N-dealkylation sites (tertiary alicyclic amines) is 1. The molecule has 1 saturated heterocycles. The van der Waals surface area contributed by atoms with Crippen LogP contribution in [0.5, 0.6) is 0 Å². The first kappa shape index (κ1) is 24.2. The maximum absolute atomic E-state index is 13.4. The fourth-order valence-electron chi connectivity index (χ4n) is 3.71. The van der Waals surface area contributed by atoms with Crippen molar-refractivity contribution in [3.05, 3.63) is 65.5 Å². The van der Waals surface area contributed by atoms with Gasteiger partial charge in [-0.3, -0.25) is 0 Å². The number of piperidine rings is 1. The molecule has 8 heteroatoms. The highest BCUT2D eigenvalue weighted by Crippen LogP contribution is 2.32. The summed E-state index contributed by atoms with van der Waals surface area (Å²) >= 11 is 0. The molecular weight excluding hydrogens is 433 g/mol. The van der Waals surface area contributed by atoms with Crippen molar-refractivity contribution >= 4 is 15.9 Å². The number of carbonyl (C=O) groups excluding carboxylic acids is 1. The Hall–Kier alpha value is -2.45. The van der Waals surface area contributed by atoms with Gasteiger partial charge in [0.1, 0.15) is 11.4 Å². The molecule has 2 atom stereocenters. The first-order valence-corrected chi connectivity index (χ1v) is 12.5. The van der Waals surface area contributed by atoms with Crippen molar-refractivity contribution in [1.82, 2.24) is 4.90 Å². The summed E-state index contributed by atoms with van der Waals surface area (Å²) in [6.07, 6.45) is 1.11. The van der Waals surface area contributed by atoms with E-state index < -0.39 is 15.4 Å². The summed E-state index contributed by atoms with van der Waals surface area (Å²) in [7, 11) is -3.26. The van der Waals surface area contributed by atoms with Gasteiger partial charge in [-0.2, -0.15) is 0 Å². The Bertz CT molecular complexity index is 1030. The summed E-state index contributed by atoms with van der Waals surface area (Å²) in [4.78, 5) is 14.5. The number of amides is 1. The summed E-state index contributed by atoms with van der Waals surface area (Å²) in [6.45, 7) is 6.59. The lowest BCUT2D eigenvalue weighted by Gasteiger charge is -2.39. The molecule has 6 nitrogen and oxygen atoms in total. The van der Waals surface area contributed by atoms with E-state index in [1.54, 1.807) is 41.3 Å². The molecule has 0 bridgehead atoms.